The van der Waals surface area contributed by atoms with Gasteiger partial charge in [-0.05, 0) is 61.4 Å². The van der Waals surface area contributed by atoms with Crippen LogP contribution in [0.15, 0.2) is 29.1 Å². The van der Waals surface area contributed by atoms with E-state index < -0.39 is 17.3 Å². The Morgan fingerprint density at radius 2 is 1.60 bits per heavy atom. The molecule has 0 saturated heterocycles. The number of hydrogen-bond acceptors (Lipinski definition) is 8. The number of carbonyl (C=O) groups is 1. The molecule has 2 unspecified atom stereocenters. The Labute approximate surface area is 315 Å². The normalized spacial score (nSPS) is 13.6. The molecule has 0 fully saturated rings. The molecule has 0 aliphatic heterocycles. The highest BCUT2D eigenvalue weighted by atomic mass is 32.1. The smallest absolute Gasteiger partial charge is 0.280 e. The van der Waals surface area contributed by atoms with Gasteiger partial charge in [-0.1, -0.05) is 111 Å². The average molecular weight is 732 g/mol. The number of nitrogens with zero attached hydrogens (tertiary/aromatic N) is 5. The topological polar surface area (TPSA) is 112 Å². The molecule has 1 aromatic carbocycles. The summed E-state index contributed by atoms with van der Waals surface area (Å²) >= 11 is 1.58. The van der Waals surface area contributed by atoms with E-state index in [0.29, 0.717) is 34.8 Å². The number of benzene rings is 1. The highest BCUT2D eigenvalue weighted by molar-refractivity contribution is 7.16. The van der Waals surface area contributed by atoms with Gasteiger partial charge in [-0.15, -0.1) is 0 Å². The van der Waals surface area contributed by atoms with E-state index in [2.05, 4.69) is 59.4 Å². The second kappa shape index (κ2) is 19.7. The Kier molecular flexibility index (Phi) is 16.0. The zero-order valence-electron chi connectivity index (χ0n) is 33.2. The summed E-state index contributed by atoms with van der Waals surface area (Å²) < 4.78 is 6.13. The van der Waals surface area contributed by atoms with E-state index in [1.54, 1.807) is 41.7 Å². The Bertz CT molecular complexity index is 1830. The van der Waals surface area contributed by atoms with Crippen LogP contribution >= 0.6 is 11.3 Å². The fourth-order valence-corrected chi connectivity index (χ4v) is 7.79. The van der Waals surface area contributed by atoms with Crippen LogP contribution in [0.4, 0.5) is 5.13 Å². The fourth-order valence-electron chi connectivity index (χ4n) is 6.55. The lowest BCUT2D eigenvalue weighted by molar-refractivity contribution is 0.0961. The van der Waals surface area contributed by atoms with Crippen LogP contribution in [0.1, 0.15) is 140 Å². The van der Waals surface area contributed by atoms with E-state index in [9.17, 15) is 20.0 Å². The van der Waals surface area contributed by atoms with Crippen LogP contribution in [0.2, 0.25) is 0 Å². The van der Waals surface area contributed by atoms with Crippen LogP contribution in [-0.4, -0.2) is 47.9 Å². The number of unbranched alkanes of at least 4 members (excludes halogenated alkanes) is 2. The number of aromatic hydroxyl groups is 1. The van der Waals surface area contributed by atoms with Crippen LogP contribution < -0.4 is 30.6 Å². The van der Waals surface area contributed by atoms with Gasteiger partial charge in [0.25, 0.3) is 11.5 Å². The molecule has 0 aliphatic carbocycles. The maximum absolute atomic E-state index is 14.5. The number of amides is 1. The summed E-state index contributed by atoms with van der Waals surface area (Å²) in [6, 6.07) is 8.60. The summed E-state index contributed by atoms with van der Waals surface area (Å²) in [6.07, 6.45) is 13.4. The van der Waals surface area contributed by atoms with E-state index >= 15 is 0 Å². The maximum Gasteiger partial charge on any atom is 0.280 e. The monoisotopic (exact) mass is 731 g/mol. The zero-order valence-corrected chi connectivity index (χ0v) is 34.0. The standard InChI is InChI=1S/C42H61N5O4S/c1-11-16-19-29(14-4)27-46(28-30(15-5)20-17-12-2)41-44-37(42(6,7)8)36(52-41)25-34-33(18-13-3)35(26-43)40(50)47(39(34)49)45(9)38(48)31-21-23-32(51-10)24-22-31/h18,21-25,29-30,50H,11-17,19-20,27-28H2,1-10H3/b33-18-,34-25-. The second-order valence-corrected chi connectivity index (χ2v) is 15.8. The van der Waals surface area contributed by atoms with Crippen molar-refractivity contribution in [3.63, 3.8) is 0 Å². The molecule has 2 heterocycles. The van der Waals surface area contributed by atoms with Crippen molar-refractivity contribution in [3.05, 3.63) is 66.8 Å². The summed E-state index contributed by atoms with van der Waals surface area (Å²) in [5.41, 5.74) is 0.119. The zero-order chi connectivity index (χ0) is 38.6. The van der Waals surface area contributed by atoms with Crippen LogP contribution in [-0.2, 0) is 5.41 Å². The second-order valence-electron chi connectivity index (χ2n) is 14.8. The SMILES string of the molecule is CC/C=c1\c(C#N)c(O)n(N(C)C(=O)c2ccc(OC)cc2)c(=O)\c1=C/c1sc(N(CC(CC)CCCC)CC(CC)CCCC)nc1C(C)(C)C. The van der Waals surface area contributed by atoms with Gasteiger partial charge in [-0.3, -0.25) is 9.59 Å². The van der Waals surface area contributed by atoms with Gasteiger partial charge in [-0.2, -0.15) is 9.94 Å². The lowest BCUT2D eigenvalue weighted by Gasteiger charge is -2.30. The fraction of sp³-hybridized carbons (Fsp3) is 0.571. The Morgan fingerprint density at radius 3 is 2.06 bits per heavy atom. The Balaban J connectivity index is 2.34. The van der Waals surface area contributed by atoms with Crippen LogP contribution in [0, 0.1) is 23.2 Å². The molecular formula is C42H61N5O4S. The van der Waals surface area contributed by atoms with E-state index in [1.165, 1.54) is 52.7 Å². The van der Waals surface area contributed by atoms with Crippen molar-refractivity contribution in [2.24, 2.45) is 11.8 Å². The summed E-state index contributed by atoms with van der Waals surface area (Å²) in [5.74, 6) is 0.554. The number of pyridine rings is 1. The molecule has 0 saturated carbocycles. The highest BCUT2D eigenvalue weighted by Gasteiger charge is 2.28. The largest absolute Gasteiger partial charge is 0.497 e. The van der Waals surface area contributed by atoms with E-state index in [4.69, 9.17) is 9.72 Å². The maximum atomic E-state index is 14.5. The van der Waals surface area contributed by atoms with Gasteiger partial charge < -0.3 is 14.7 Å². The molecule has 0 bridgehead atoms. The third kappa shape index (κ3) is 10.3. The van der Waals surface area contributed by atoms with E-state index in [1.807, 2.05) is 13.0 Å². The van der Waals surface area contributed by atoms with Crippen LogP contribution in [0.3, 0.4) is 0 Å². The number of methoxy groups -OCH3 is 1. The van der Waals surface area contributed by atoms with Gasteiger partial charge in [0.15, 0.2) is 5.13 Å². The van der Waals surface area contributed by atoms with Gasteiger partial charge in [0.05, 0.1) is 22.9 Å². The van der Waals surface area contributed by atoms with Crippen LogP contribution in [0.5, 0.6) is 11.6 Å². The number of aromatic nitrogens is 2. The minimum atomic E-state index is -0.608. The summed E-state index contributed by atoms with van der Waals surface area (Å²) in [5, 5.41) is 24.3. The summed E-state index contributed by atoms with van der Waals surface area (Å²) in [7, 11) is 2.95. The molecule has 2 atom stereocenters. The quantitative estimate of drug-likeness (QED) is 0.142. The average Bonchev–Trinajstić information content (AvgIpc) is 3.57. The predicted octanol–water partition coefficient (Wildman–Crippen LogP) is 7.85. The number of hydrogen-bond donors (Lipinski definition) is 1. The summed E-state index contributed by atoms with van der Waals surface area (Å²) in [6.45, 7) is 19.2. The van der Waals surface area contributed by atoms with Gasteiger partial charge >= 0.3 is 0 Å². The molecule has 3 aromatic rings. The number of thiazole rings is 1. The molecule has 10 heteroatoms. The number of rotatable bonds is 18. The predicted molar refractivity (Wildman–Crippen MR) is 216 cm³/mol. The van der Waals surface area contributed by atoms with Crippen molar-refractivity contribution in [1.29, 1.82) is 5.26 Å². The molecule has 0 spiro atoms. The number of ether oxygens (including phenoxy) is 1. The number of carbonyl (C=O) groups excluding carboxylic acids is 1. The van der Waals surface area contributed by atoms with Crippen LogP contribution in [0.25, 0.3) is 12.2 Å². The molecule has 1 N–H and O–H groups in total. The van der Waals surface area contributed by atoms with Gasteiger partial charge in [0, 0.05) is 36.3 Å². The molecule has 0 radical (unpaired) electrons. The first kappa shape index (κ1) is 42.3. The molecule has 9 nitrogen and oxygen atoms in total. The molecular weight excluding hydrogens is 671 g/mol. The van der Waals surface area contributed by atoms with Crippen molar-refractivity contribution >= 4 is 34.5 Å². The van der Waals surface area contributed by atoms with E-state index in [-0.39, 0.29) is 16.2 Å². The Hall–Kier alpha value is -4.10. The number of anilines is 1. The van der Waals surface area contributed by atoms with Gasteiger partial charge in [0.1, 0.15) is 17.4 Å². The Morgan fingerprint density at radius 1 is 1.02 bits per heavy atom. The minimum absolute atomic E-state index is 0.0748. The highest BCUT2D eigenvalue weighted by Crippen LogP contribution is 2.36. The first-order valence-electron chi connectivity index (χ1n) is 19.1. The van der Waals surface area contributed by atoms with Gasteiger partial charge in [-0.25, -0.2) is 9.99 Å². The molecule has 0 aliphatic rings. The minimum Gasteiger partial charge on any atom is -0.497 e. The first-order chi connectivity index (χ1) is 24.8. The molecule has 1 amide bonds. The molecule has 3 rings (SSSR count). The third-order valence-corrected chi connectivity index (χ3v) is 10.9. The lowest BCUT2D eigenvalue weighted by Crippen LogP contribution is -2.53. The van der Waals surface area contributed by atoms with Crippen molar-refractivity contribution in [3.8, 4) is 17.7 Å². The van der Waals surface area contributed by atoms with Crippen molar-refractivity contribution < 1.29 is 14.6 Å². The van der Waals surface area contributed by atoms with Crippen molar-refractivity contribution in [2.45, 2.75) is 119 Å². The molecule has 284 valence electrons. The van der Waals surface area contributed by atoms with Gasteiger partial charge in [0.2, 0.25) is 5.88 Å². The first-order valence-corrected chi connectivity index (χ1v) is 19.9. The van der Waals surface area contributed by atoms with E-state index in [0.717, 1.165) is 51.3 Å². The molecule has 52 heavy (non-hydrogen) atoms. The lowest BCUT2D eigenvalue weighted by atomic mass is 9.91. The third-order valence-electron chi connectivity index (χ3n) is 9.80. The summed E-state index contributed by atoms with van der Waals surface area (Å²) in [4.78, 5) is 36.8. The number of nitriles is 1. The molecule has 2 aromatic heterocycles. The van der Waals surface area contributed by atoms with Crippen molar-refractivity contribution in [2.75, 3.05) is 37.2 Å². The van der Waals surface area contributed by atoms with Crippen molar-refractivity contribution in [1.82, 2.24) is 9.66 Å².